The molecule has 1 aromatic heterocycles. The van der Waals surface area contributed by atoms with Gasteiger partial charge in [-0.05, 0) is 62.1 Å². The number of nitrogens with zero attached hydrogens (tertiary/aromatic N) is 1. The van der Waals surface area contributed by atoms with Crippen molar-refractivity contribution in [2.24, 2.45) is 0 Å². The van der Waals surface area contributed by atoms with Gasteiger partial charge in [-0.3, -0.25) is 4.98 Å². The minimum Gasteiger partial charge on any atom is -0.493 e. The van der Waals surface area contributed by atoms with Crippen LogP contribution in [0.2, 0.25) is 0 Å². The summed E-state index contributed by atoms with van der Waals surface area (Å²) in [7, 11) is 0. The Kier molecular flexibility index (Phi) is 5.18. The highest BCUT2D eigenvalue weighted by molar-refractivity contribution is 5.91. The smallest absolute Gasteiger partial charge is 0.126 e. The van der Waals surface area contributed by atoms with E-state index in [4.69, 9.17) is 4.74 Å². The Hall–Kier alpha value is -2.66. The maximum atomic E-state index is 14.2. The molecule has 2 aromatic carbocycles. The number of benzene rings is 2. The number of halogens is 1. The van der Waals surface area contributed by atoms with Crippen LogP contribution in [0.15, 0.2) is 42.5 Å². The normalized spacial score (nSPS) is 15.5. The third-order valence-electron chi connectivity index (χ3n) is 5.83. The van der Waals surface area contributed by atoms with E-state index in [2.05, 4.69) is 10.3 Å². The molecular formula is C25H29FN2O2. The third-order valence-corrected chi connectivity index (χ3v) is 5.83. The van der Waals surface area contributed by atoms with Gasteiger partial charge < -0.3 is 15.2 Å². The van der Waals surface area contributed by atoms with Crippen LogP contribution in [0.25, 0.3) is 10.9 Å². The Labute approximate surface area is 177 Å². The van der Waals surface area contributed by atoms with Gasteiger partial charge in [-0.1, -0.05) is 19.9 Å². The first-order valence-corrected chi connectivity index (χ1v) is 10.4. The molecule has 2 heterocycles. The Morgan fingerprint density at radius 1 is 1.17 bits per heavy atom. The van der Waals surface area contributed by atoms with Crippen molar-refractivity contribution in [3.8, 4) is 5.75 Å². The number of aromatic nitrogens is 1. The fourth-order valence-electron chi connectivity index (χ4n) is 4.58. The zero-order valence-corrected chi connectivity index (χ0v) is 18.1. The lowest BCUT2D eigenvalue weighted by Crippen LogP contribution is -2.40. The van der Waals surface area contributed by atoms with Crippen LogP contribution in [0.4, 0.5) is 10.1 Å². The second-order valence-electron chi connectivity index (χ2n) is 9.28. The molecule has 30 heavy (non-hydrogen) atoms. The summed E-state index contributed by atoms with van der Waals surface area (Å²) in [6.07, 6.45) is 1.18. The van der Waals surface area contributed by atoms with Gasteiger partial charge >= 0.3 is 0 Å². The first-order valence-electron chi connectivity index (χ1n) is 10.4. The molecule has 4 nitrogen and oxygen atoms in total. The highest BCUT2D eigenvalue weighted by Gasteiger charge is 2.36. The topological polar surface area (TPSA) is 54.4 Å². The molecule has 0 bridgehead atoms. The lowest BCUT2D eigenvalue weighted by atomic mass is 9.75. The predicted octanol–water partition coefficient (Wildman–Crippen LogP) is 5.15. The molecule has 0 saturated carbocycles. The molecule has 0 amide bonds. The summed E-state index contributed by atoms with van der Waals surface area (Å²) < 4.78 is 20.0. The molecule has 2 N–H and O–H groups in total. The minimum absolute atomic E-state index is 0.251. The highest BCUT2D eigenvalue weighted by Crippen LogP contribution is 2.42. The molecule has 4 rings (SSSR count). The number of hydrogen-bond donors (Lipinski definition) is 2. The van der Waals surface area contributed by atoms with E-state index in [1.165, 1.54) is 0 Å². The van der Waals surface area contributed by atoms with Crippen molar-refractivity contribution in [1.29, 1.82) is 0 Å². The molecule has 0 aliphatic carbocycles. The summed E-state index contributed by atoms with van der Waals surface area (Å²) >= 11 is 0. The van der Waals surface area contributed by atoms with Crippen molar-refractivity contribution >= 4 is 16.6 Å². The number of aliphatic hydroxyl groups is 1. The molecule has 158 valence electrons. The molecule has 1 aliphatic heterocycles. The van der Waals surface area contributed by atoms with E-state index in [-0.39, 0.29) is 5.82 Å². The maximum Gasteiger partial charge on any atom is 0.126 e. The molecule has 1 aliphatic rings. The van der Waals surface area contributed by atoms with E-state index in [0.717, 1.165) is 45.6 Å². The number of fused-ring (bicyclic) bond motifs is 2. The van der Waals surface area contributed by atoms with Crippen molar-refractivity contribution in [3.05, 3.63) is 65.1 Å². The molecule has 0 fully saturated rings. The summed E-state index contributed by atoms with van der Waals surface area (Å²) in [5, 5.41) is 15.6. The molecule has 0 unspecified atom stereocenters. The standard InChI is InChI=1S/C25H29FN2O2/c1-16-8-9-19-21(6-5-7-22(19)28-16)27-15-25(4,29)14-24(2,3)20-13-18(26)12-17-10-11-30-23(17)20/h5-9,12-13,27,29H,10-11,14-15H2,1-4H3/t25-/m1/s1. The van der Waals surface area contributed by atoms with E-state index < -0.39 is 11.0 Å². The predicted molar refractivity (Wildman–Crippen MR) is 119 cm³/mol. The monoisotopic (exact) mass is 408 g/mol. The SMILES string of the molecule is Cc1ccc2c(NC[C@](C)(O)CC(C)(C)c3cc(F)cc4c3OCC4)cccc2n1. The van der Waals surface area contributed by atoms with Gasteiger partial charge in [0, 0.05) is 40.9 Å². The van der Waals surface area contributed by atoms with Gasteiger partial charge in [0.15, 0.2) is 0 Å². The summed E-state index contributed by atoms with van der Waals surface area (Å²) in [6, 6.07) is 13.1. The molecule has 0 radical (unpaired) electrons. The first-order chi connectivity index (χ1) is 14.1. The van der Waals surface area contributed by atoms with E-state index in [0.29, 0.717) is 19.6 Å². The van der Waals surface area contributed by atoms with Crippen molar-refractivity contribution in [1.82, 2.24) is 4.98 Å². The van der Waals surface area contributed by atoms with Crippen LogP contribution in [-0.2, 0) is 11.8 Å². The van der Waals surface area contributed by atoms with Crippen molar-refractivity contribution in [3.63, 3.8) is 0 Å². The van der Waals surface area contributed by atoms with Crippen molar-refractivity contribution in [2.75, 3.05) is 18.5 Å². The van der Waals surface area contributed by atoms with Crippen LogP contribution in [0.1, 0.15) is 44.0 Å². The minimum atomic E-state index is -1.01. The lowest BCUT2D eigenvalue weighted by molar-refractivity contribution is 0.0436. The average molecular weight is 409 g/mol. The fraction of sp³-hybridized carbons (Fsp3) is 0.400. The second-order valence-corrected chi connectivity index (χ2v) is 9.28. The van der Waals surface area contributed by atoms with Gasteiger partial charge in [0.2, 0.25) is 0 Å². The van der Waals surface area contributed by atoms with Gasteiger partial charge in [-0.2, -0.15) is 0 Å². The van der Waals surface area contributed by atoms with Gasteiger partial charge in [0.1, 0.15) is 11.6 Å². The van der Waals surface area contributed by atoms with Crippen LogP contribution in [0, 0.1) is 12.7 Å². The van der Waals surface area contributed by atoms with Crippen LogP contribution in [-0.4, -0.2) is 28.8 Å². The number of nitrogens with one attached hydrogen (secondary N) is 1. The van der Waals surface area contributed by atoms with E-state index >= 15 is 0 Å². The van der Waals surface area contributed by atoms with Crippen LogP contribution >= 0.6 is 0 Å². The number of rotatable bonds is 6. The average Bonchev–Trinajstić information content (AvgIpc) is 3.12. The molecule has 3 aromatic rings. The lowest BCUT2D eigenvalue weighted by Gasteiger charge is -2.35. The maximum absolute atomic E-state index is 14.2. The summed E-state index contributed by atoms with van der Waals surface area (Å²) in [5.74, 6) is 0.527. The number of aryl methyl sites for hydroxylation is 1. The Bertz CT molecular complexity index is 1090. The van der Waals surface area contributed by atoms with Crippen LogP contribution in [0.5, 0.6) is 5.75 Å². The van der Waals surface area contributed by atoms with E-state index in [1.807, 2.05) is 58.0 Å². The number of hydrogen-bond acceptors (Lipinski definition) is 4. The number of ether oxygens (including phenoxy) is 1. The summed E-state index contributed by atoms with van der Waals surface area (Å²) in [5.41, 5.74) is 3.09. The van der Waals surface area contributed by atoms with Gasteiger partial charge in [-0.15, -0.1) is 0 Å². The van der Waals surface area contributed by atoms with Gasteiger partial charge in [0.05, 0.1) is 17.7 Å². The van der Waals surface area contributed by atoms with Gasteiger partial charge in [-0.25, -0.2) is 4.39 Å². The Morgan fingerprint density at radius 2 is 1.97 bits per heavy atom. The Morgan fingerprint density at radius 3 is 2.77 bits per heavy atom. The van der Waals surface area contributed by atoms with Crippen LogP contribution < -0.4 is 10.1 Å². The highest BCUT2D eigenvalue weighted by atomic mass is 19.1. The zero-order chi connectivity index (χ0) is 21.5. The third kappa shape index (κ3) is 4.12. The van der Waals surface area contributed by atoms with Crippen molar-refractivity contribution < 1.29 is 14.2 Å². The number of anilines is 1. The summed E-state index contributed by atoms with van der Waals surface area (Å²) in [6.45, 7) is 8.79. The van der Waals surface area contributed by atoms with E-state index in [1.54, 1.807) is 12.1 Å². The zero-order valence-electron chi connectivity index (χ0n) is 18.1. The Balaban J connectivity index is 1.54. The molecule has 1 atom stereocenters. The first kappa shape index (κ1) is 20.6. The van der Waals surface area contributed by atoms with Gasteiger partial charge in [0.25, 0.3) is 0 Å². The second kappa shape index (κ2) is 7.55. The largest absolute Gasteiger partial charge is 0.493 e. The molecule has 0 spiro atoms. The fourth-order valence-corrected chi connectivity index (χ4v) is 4.58. The molecular weight excluding hydrogens is 379 g/mol. The van der Waals surface area contributed by atoms with E-state index in [9.17, 15) is 9.50 Å². The quantitative estimate of drug-likeness (QED) is 0.592. The summed E-state index contributed by atoms with van der Waals surface area (Å²) in [4.78, 5) is 4.57. The molecule has 5 heteroatoms. The van der Waals surface area contributed by atoms with Crippen LogP contribution in [0.3, 0.4) is 0 Å². The number of pyridine rings is 1. The van der Waals surface area contributed by atoms with Crippen molar-refractivity contribution in [2.45, 2.75) is 51.6 Å². The molecule has 0 saturated heterocycles.